The van der Waals surface area contributed by atoms with Gasteiger partial charge in [0.05, 0.1) is 11.4 Å². The van der Waals surface area contributed by atoms with Crippen LogP contribution in [-0.2, 0) is 0 Å². The van der Waals surface area contributed by atoms with Crippen molar-refractivity contribution < 1.29 is 0 Å². The van der Waals surface area contributed by atoms with Gasteiger partial charge in [0.2, 0.25) is 0 Å². The van der Waals surface area contributed by atoms with Crippen molar-refractivity contribution in [1.29, 1.82) is 0 Å². The van der Waals surface area contributed by atoms with Crippen LogP contribution in [0.2, 0.25) is 13.1 Å². The van der Waals surface area contributed by atoms with Gasteiger partial charge in [-0.25, -0.2) is 9.97 Å². The van der Waals surface area contributed by atoms with E-state index in [9.17, 15) is 0 Å². The quantitative estimate of drug-likeness (QED) is 0.241. The second-order valence-electron chi connectivity index (χ2n) is 10.3. The average Bonchev–Trinajstić information content (AvgIpc) is 3.20. The van der Waals surface area contributed by atoms with Gasteiger partial charge in [-0.2, -0.15) is 0 Å². The predicted molar refractivity (Wildman–Crippen MR) is 158 cm³/mol. The minimum atomic E-state index is -2.08. The molecule has 0 bridgehead atoms. The maximum atomic E-state index is 5.28. The molecule has 1 aliphatic rings. The van der Waals surface area contributed by atoms with Crippen molar-refractivity contribution in [2.75, 3.05) is 0 Å². The molecule has 0 atom stereocenters. The van der Waals surface area contributed by atoms with E-state index in [4.69, 9.17) is 9.97 Å². The van der Waals surface area contributed by atoms with Crippen LogP contribution in [0.15, 0.2) is 121 Å². The topological polar surface area (TPSA) is 25.8 Å². The van der Waals surface area contributed by atoms with E-state index in [1.54, 1.807) is 0 Å². The molecule has 0 saturated carbocycles. The Bertz CT molecular complexity index is 1770. The summed E-state index contributed by atoms with van der Waals surface area (Å²) < 4.78 is 0. The first-order valence-electron chi connectivity index (χ1n) is 12.8. The highest BCUT2D eigenvalue weighted by atomic mass is 28.3. The predicted octanol–water partition coefficient (Wildman–Crippen LogP) is 7.43. The Morgan fingerprint density at radius 3 is 1.76 bits per heavy atom. The molecule has 0 saturated heterocycles. The van der Waals surface area contributed by atoms with Crippen LogP contribution in [0.4, 0.5) is 0 Å². The summed E-state index contributed by atoms with van der Waals surface area (Å²) in [6.45, 7) is 4.91. The number of nitrogens with zero attached hydrogens (tertiary/aromatic N) is 2. The Hall–Kier alpha value is -4.34. The fourth-order valence-corrected chi connectivity index (χ4v) is 9.49. The van der Waals surface area contributed by atoms with Gasteiger partial charge in [-0.3, -0.25) is 0 Å². The summed E-state index contributed by atoms with van der Waals surface area (Å²) >= 11 is 0. The summed E-state index contributed by atoms with van der Waals surface area (Å²) in [5, 5.41) is 5.46. The molecule has 0 fully saturated rings. The molecule has 0 spiro atoms. The van der Waals surface area contributed by atoms with Crippen LogP contribution >= 0.6 is 0 Å². The van der Waals surface area contributed by atoms with Crippen LogP contribution in [0.25, 0.3) is 55.8 Å². The Morgan fingerprint density at radius 2 is 1.03 bits per heavy atom. The molecule has 37 heavy (non-hydrogen) atoms. The third kappa shape index (κ3) is 3.46. The third-order valence-electron chi connectivity index (χ3n) is 7.64. The van der Waals surface area contributed by atoms with Crippen molar-refractivity contribution in [2.24, 2.45) is 0 Å². The fraction of sp³-hybridized carbons (Fsp3) is 0.0588. The largest absolute Gasteiger partial charge is 0.228 e. The van der Waals surface area contributed by atoms with Crippen LogP contribution in [0, 0.1) is 0 Å². The fourth-order valence-electron chi connectivity index (χ4n) is 5.89. The molecule has 6 aromatic rings. The Morgan fingerprint density at radius 1 is 0.459 bits per heavy atom. The van der Waals surface area contributed by atoms with E-state index in [1.807, 2.05) is 6.07 Å². The molecular weight excluding hydrogens is 464 g/mol. The smallest absolute Gasteiger partial charge is 0.160 e. The second-order valence-corrected chi connectivity index (χ2v) is 14.5. The minimum Gasteiger partial charge on any atom is -0.228 e. The minimum absolute atomic E-state index is 0.781. The normalized spacial score (nSPS) is 13.4. The highest BCUT2D eigenvalue weighted by Gasteiger charge is 2.43. The number of fused-ring (bicyclic) bond motifs is 5. The molecule has 2 heterocycles. The SMILES string of the molecule is C[Si]1(C)c2c(-c3ccccc3)nc(-c3ccc(-c4ccccc4)cc3)nc2-c2ccc3ccccc3c21. The van der Waals surface area contributed by atoms with Crippen LogP contribution in [0.3, 0.4) is 0 Å². The van der Waals surface area contributed by atoms with E-state index < -0.39 is 8.07 Å². The standard InChI is InChI=1S/C34H26N2Si/c1-37(2)32-28-16-10-9-13-25(28)21-22-29(32)31-33(37)30(26-14-7-4-8-15-26)35-34(36-31)27-19-17-24(18-20-27)23-11-5-3-6-12-23/h3-22H,1-2H3. The summed E-state index contributed by atoms with van der Waals surface area (Å²) in [7, 11) is -2.08. The maximum Gasteiger partial charge on any atom is 0.160 e. The lowest BCUT2D eigenvalue weighted by molar-refractivity contribution is 1.20. The molecule has 5 aromatic carbocycles. The monoisotopic (exact) mass is 490 g/mol. The molecule has 0 N–H and O–H groups in total. The Balaban J connectivity index is 1.47. The van der Waals surface area contributed by atoms with Gasteiger partial charge in [-0.15, -0.1) is 0 Å². The maximum absolute atomic E-state index is 5.28. The van der Waals surface area contributed by atoms with Gasteiger partial charge in [0, 0.05) is 16.7 Å². The molecule has 7 rings (SSSR count). The van der Waals surface area contributed by atoms with Gasteiger partial charge in [-0.1, -0.05) is 134 Å². The number of aromatic nitrogens is 2. The average molecular weight is 491 g/mol. The van der Waals surface area contributed by atoms with E-state index in [2.05, 4.69) is 128 Å². The van der Waals surface area contributed by atoms with Gasteiger partial charge >= 0.3 is 0 Å². The van der Waals surface area contributed by atoms with E-state index in [-0.39, 0.29) is 0 Å². The zero-order chi connectivity index (χ0) is 25.0. The molecule has 0 aliphatic carbocycles. The second kappa shape index (κ2) is 8.36. The number of hydrogen-bond acceptors (Lipinski definition) is 2. The van der Waals surface area contributed by atoms with Gasteiger partial charge in [0.15, 0.2) is 5.82 Å². The van der Waals surface area contributed by atoms with Gasteiger partial charge in [0.1, 0.15) is 8.07 Å². The van der Waals surface area contributed by atoms with Crippen LogP contribution < -0.4 is 10.4 Å². The molecule has 1 aromatic heterocycles. The lowest BCUT2D eigenvalue weighted by atomic mass is 10.0. The highest BCUT2D eigenvalue weighted by Crippen LogP contribution is 2.36. The zero-order valence-corrected chi connectivity index (χ0v) is 21.9. The van der Waals surface area contributed by atoms with Gasteiger partial charge in [-0.05, 0) is 32.3 Å². The molecule has 1 aliphatic heterocycles. The lowest BCUT2D eigenvalue weighted by Gasteiger charge is -2.23. The van der Waals surface area contributed by atoms with Crippen LogP contribution in [0.1, 0.15) is 0 Å². The summed E-state index contributed by atoms with van der Waals surface area (Å²) in [6.07, 6.45) is 0. The van der Waals surface area contributed by atoms with Crippen molar-refractivity contribution in [3.63, 3.8) is 0 Å². The van der Waals surface area contributed by atoms with Crippen molar-refractivity contribution in [3.8, 4) is 45.0 Å². The van der Waals surface area contributed by atoms with Gasteiger partial charge < -0.3 is 0 Å². The number of rotatable bonds is 3. The molecular formula is C34H26N2Si. The Labute approximate surface area is 218 Å². The van der Waals surface area contributed by atoms with Gasteiger partial charge in [0.25, 0.3) is 0 Å². The first-order chi connectivity index (χ1) is 18.1. The summed E-state index contributed by atoms with van der Waals surface area (Å²) in [5.74, 6) is 0.781. The van der Waals surface area contributed by atoms with Crippen LogP contribution in [-0.4, -0.2) is 18.0 Å². The molecule has 3 heteroatoms. The highest BCUT2D eigenvalue weighted by molar-refractivity contribution is 7.05. The van der Waals surface area contributed by atoms with Crippen molar-refractivity contribution in [1.82, 2.24) is 9.97 Å². The Kier molecular flexibility index (Phi) is 4.95. The summed E-state index contributed by atoms with van der Waals surface area (Å²) in [6, 6.07) is 43.0. The molecule has 0 unspecified atom stereocenters. The number of hydrogen-bond donors (Lipinski definition) is 0. The van der Waals surface area contributed by atoms with E-state index >= 15 is 0 Å². The van der Waals surface area contributed by atoms with Crippen molar-refractivity contribution in [3.05, 3.63) is 121 Å². The summed E-state index contributed by atoms with van der Waals surface area (Å²) in [4.78, 5) is 10.5. The molecule has 2 nitrogen and oxygen atoms in total. The van der Waals surface area contributed by atoms with Crippen molar-refractivity contribution >= 4 is 29.2 Å². The lowest BCUT2D eigenvalue weighted by Crippen LogP contribution is -2.50. The number of benzene rings is 5. The molecule has 176 valence electrons. The van der Waals surface area contributed by atoms with Crippen molar-refractivity contribution in [2.45, 2.75) is 13.1 Å². The third-order valence-corrected chi connectivity index (χ3v) is 11.2. The first-order valence-corrected chi connectivity index (χ1v) is 15.8. The van der Waals surface area contributed by atoms with E-state index in [0.29, 0.717) is 0 Å². The molecule has 0 amide bonds. The molecule has 0 radical (unpaired) electrons. The summed E-state index contributed by atoms with van der Waals surface area (Å²) in [5.41, 5.74) is 8.04. The van der Waals surface area contributed by atoms with E-state index in [1.165, 1.54) is 37.8 Å². The van der Waals surface area contributed by atoms with E-state index in [0.717, 1.165) is 28.3 Å². The van der Waals surface area contributed by atoms with Crippen LogP contribution in [0.5, 0.6) is 0 Å². The first kappa shape index (κ1) is 21.9. The zero-order valence-electron chi connectivity index (χ0n) is 20.9.